The Bertz CT molecular complexity index is 674. The lowest BCUT2D eigenvalue weighted by Crippen LogP contribution is -2.45. The van der Waals surface area contributed by atoms with Crippen LogP contribution in [-0.2, 0) is 10.3 Å². The summed E-state index contributed by atoms with van der Waals surface area (Å²) in [6, 6.07) is 14.8. The molecule has 21 heavy (non-hydrogen) atoms. The van der Waals surface area contributed by atoms with Crippen LogP contribution < -0.4 is 5.32 Å². The minimum atomic E-state index is -1.09. The molecule has 0 amide bonds. The molecule has 0 aliphatic carbocycles. The zero-order valence-electron chi connectivity index (χ0n) is 11.2. The van der Waals surface area contributed by atoms with Gasteiger partial charge in [0.2, 0.25) is 0 Å². The lowest BCUT2D eigenvalue weighted by molar-refractivity contribution is -0.143. The number of rotatable bonds is 3. The van der Waals surface area contributed by atoms with Crippen LogP contribution in [0, 0.1) is 0 Å². The summed E-state index contributed by atoms with van der Waals surface area (Å²) >= 11 is 7.58. The predicted molar refractivity (Wildman–Crippen MR) is 86.2 cm³/mol. The molecule has 0 spiro atoms. The van der Waals surface area contributed by atoms with Crippen molar-refractivity contribution in [2.45, 2.75) is 16.9 Å². The maximum Gasteiger partial charge on any atom is 0.334 e. The highest BCUT2D eigenvalue weighted by Gasteiger charge is 2.44. The van der Waals surface area contributed by atoms with E-state index >= 15 is 0 Å². The Morgan fingerprint density at radius 3 is 2.62 bits per heavy atom. The maximum absolute atomic E-state index is 12.0. The van der Waals surface area contributed by atoms with Gasteiger partial charge in [0.25, 0.3) is 0 Å². The lowest BCUT2D eigenvalue weighted by atomic mass is 9.86. The van der Waals surface area contributed by atoms with Gasteiger partial charge in [-0.2, -0.15) is 0 Å². The van der Waals surface area contributed by atoms with Gasteiger partial charge in [0.05, 0.1) is 0 Å². The van der Waals surface area contributed by atoms with Crippen LogP contribution in [0.4, 0.5) is 5.69 Å². The average molecular weight is 320 g/mol. The quantitative estimate of drug-likeness (QED) is 0.889. The van der Waals surface area contributed by atoms with Crippen molar-refractivity contribution in [3.63, 3.8) is 0 Å². The predicted octanol–water partition coefficient (Wildman–Crippen LogP) is 4.23. The van der Waals surface area contributed by atoms with Crippen molar-refractivity contribution in [1.29, 1.82) is 0 Å². The fourth-order valence-electron chi connectivity index (χ4n) is 2.58. The van der Waals surface area contributed by atoms with Gasteiger partial charge in [0.15, 0.2) is 5.54 Å². The molecular formula is C16H14ClNO2S. The van der Waals surface area contributed by atoms with Gasteiger partial charge in [-0.25, -0.2) is 4.79 Å². The third-order valence-electron chi connectivity index (χ3n) is 3.65. The number of hydrogen-bond donors (Lipinski definition) is 2. The number of hydrogen-bond acceptors (Lipinski definition) is 3. The molecule has 1 atom stereocenters. The van der Waals surface area contributed by atoms with Gasteiger partial charge in [0.1, 0.15) is 0 Å². The van der Waals surface area contributed by atoms with E-state index in [-0.39, 0.29) is 0 Å². The summed E-state index contributed by atoms with van der Waals surface area (Å²) in [6.07, 6.45) is 0.534. The second-order valence-electron chi connectivity index (χ2n) is 4.94. The first-order chi connectivity index (χ1) is 10.1. The largest absolute Gasteiger partial charge is 0.479 e. The summed E-state index contributed by atoms with van der Waals surface area (Å²) < 4.78 is 0. The Morgan fingerprint density at radius 1 is 1.19 bits per heavy atom. The molecule has 3 nitrogen and oxygen atoms in total. The number of fused-ring (bicyclic) bond motifs is 1. The van der Waals surface area contributed by atoms with Gasteiger partial charge in [-0.15, -0.1) is 11.8 Å². The van der Waals surface area contributed by atoms with Crippen LogP contribution in [-0.4, -0.2) is 16.8 Å². The van der Waals surface area contributed by atoms with Crippen molar-refractivity contribution in [3.8, 4) is 0 Å². The topological polar surface area (TPSA) is 49.3 Å². The van der Waals surface area contributed by atoms with E-state index in [2.05, 4.69) is 5.32 Å². The molecule has 108 valence electrons. The number of benzene rings is 2. The number of carbonyl (C=O) groups is 1. The van der Waals surface area contributed by atoms with E-state index in [4.69, 9.17) is 11.6 Å². The molecule has 2 aromatic carbocycles. The molecule has 1 aliphatic heterocycles. The molecule has 2 N–H and O–H groups in total. The highest BCUT2D eigenvalue weighted by atomic mass is 35.5. The van der Waals surface area contributed by atoms with E-state index in [1.165, 1.54) is 0 Å². The third kappa shape index (κ3) is 2.61. The van der Waals surface area contributed by atoms with Crippen molar-refractivity contribution < 1.29 is 9.90 Å². The molecular weight excluding hydrogens is 306 g/mol. The number of nitrogens with one attached hydrogen (secondary N) is 1. The Kier molecular flexibility index (Phi) is 3.83. The molecule has 0 bridgehead atoms. The number of thioether (sulfide) groups is 1. The first-order valence-corrected chi connectivity index (χ1v) is 7.98. The van der Waals surface area contributed by atoms with Gasteiger partial charge in [-0.3, -0.25) is 0 Å². The minimum Gasteiger partial charge on any atom is -0.479 e. The van der Waals surface area contributed by atoms with Gasteiger partial charge >= 0.3 is 5.97 Å². The SMILES string of the molecule is O=C(O)C1(Nc2ccc(Cl)cc2)CCSc2ccccc21. The third-order valence-corrected chi connectivity index (χ3v) is 4.98. The fraction of sp³-hybridized carbons (Fsp3) is 0.188. The standard InChI is InChI=1S/C16H14ClNO2S/c17-11-5-7-12(8-6-11)18-16(15(19)20)9-10-21-14-4-2-1-3-13(14)16/h1-8,18H,9-10H2,(H,19,20). The van der Waals surface area contributed by atoms with Crippen LogP contribution in [0.2, 0.25) is 5.02 Å². The van der Waals surface area contributed by atoms with Crippen LogP contribution in [0.3, 0.4) is 0 Å². The van der Waals surface area contributed by atoms with Crippen LogP contribution in [0.5, 0.6) is 0 Å². The van der Waals surface area contributed by atoms with Crippen LogP contribution in [0.25, 0.3) is 0 Å². The molecule has 0 saturated heterocycles. The Hall–Kier alpha value is -1.65. The van der Waals surface area contributed by atoms with Crippen molar-refractivity contribution >= 4 is 35.0 Å². The van der Waals surface area contributed by atoms with Gasteiger partial charge in [-0.05, 0) is 36.8 Å². The zero-order valence-corrected chi connectivity index (χ0v) is 12.7. The van der Waals surface area contributed by atoms with Crippen molar-refractivity contribution in [2.75, 3.05) is 11.1 Å². The second-order valence-corrected chi connectivity index (χ2v) is 6.51. The molecule has 0 fully saturated rings. The van der Waals surface area contributed by atoms with E-state index in [0.717, 1.165) is 21.9 Å². The molecule has 1 heterocycles. The molecule has 2 aromatic rings. The lowest BCUT2D eigenvalue weighted by Gasteiger charge is -2.36. The maximum atomic E-state index is 12.0. The normalized spacial score (nSPS) is 20.6. The highest BCUT2D eigenvalue weighted by Crippen LogP contribution is 2.42. The van der Waals surface area contributed by atoms with Crippen LogP contribution >= 0.6 is 23.4 Å². The number of aliphatic carboxylic acids is 1. The number of carboxylic acid groups (broad SMARTS) is 1. The summed E-state index contributed by atoms with van der Waals surface area (Å²) in [5.41, 5.74) is 0.488. The van der Waals surface area contributed by atoms with E-state index in [1.54, 1.807) is 36.0 Å². The van der Waals surface area contributed by atoms with Crippen molar-refractivity contribution in [1.82, 2.24) is 0 Å². The summed E-state index contributed by atoms with van der Waals surface area (Å²) in [4.78, 5) is 13.0. The second kappa shape index (κ2) is 5.62. The molecule has 3 rings (SSSR count). The molecule has 1 unspecified atom stereocenters. The number of halogens is 1. The Balaban J connectivity index is 2.05. The van der Waals surface area contributed by atoms with Crippen LogP contribution in [0.1, 0.15) is 12.0 Å². The van der Waals surface area contributed by atoms with Gasteiger partial charge < -0.3 is 10.4 Å². The highest BCUT2D eigenvalue weighted by molar-refractivity contribution is 7.99. The Morgan fingerprint density at radius 2 is 1.90 bits per heavy atom. The van der Waals surface area contributed by atoms with Crippen molar-refractivity contribution in [2.24, 2.45) is 0 Å². The fourth-order valence-corrected chi connectivity index (χ4v) is 3.91. The Labute approximate surface area is 132 Å². The number of anilines is 1. The molecule has 5 heteroatoms. The summed E-state index contributed by atoms with van der Waals surface area (Å²) in [5.74, 6) is -0.0885. The molecule has 0 aromatic heterocycles. The average Bonchev–Trinajstić information content (AvgIpc) is 2.50. The van der Waals surface area contributed by atoms with E-state index in [9.17, 15) is 9.90 Å². The molecule has 0 radical (unpaired) electrons. The monoisotopic (exact) mass is 319 g/mol. The number of carboxylic acids is 1. The zero-order chi connectivity index (χ0) is 14.9. The summed E-state index contributed by atoms with van der Waals surface area (Å²) in [5, 5.41) is 13.7. The van der Waals surface area contributed by atoms with E-state index in [1.807, 2.05) is 24.3 Å². The van der Waals surface area contributed by atoms with Crippen LogP contribution in [0.15, 0.2) is 53.4 Å². The summed E-state index contributed by atoms with van der Waals surface area (Å²) in [6.45, 7) is 0. The van der Waals surface area contributed by atoms with E-state index < -0.39 is 11.5 Å². The minimum absolute atomic E-state index is 0.534. The first-order valence-electron chi connectivity index (χ1n) is 6.61. The van der Waals surface area contributed by atoms with Crippen molar-refractivity contribution in [3.05, 3.63) is 59.1 Å². The first kappa shape index (κ1) is 14.3. The van der Waals surface area contributed by atoms with Gasteiger partial charge in [0, 0.05) is 26.9 Å². The molecule has 1 aliphatic rings. The summed E-state index contributed by atoms with van der Waals surface area (Å²) in [7, 11) is 0. The smallest absolute Gasteiger partial charge is 0.334 e. The molecule has 0 saturated carbocycles. The van der Waals surface area contributed by atoms with Gasteiger partial charge in [-0.1, -0.05) is 29.8 Å². The van der Waals surface area contributed by atoms with E-state index in [0.29, 0.717) is 11.4 Å².